The van der Waals surface area contributed by atoms with Crippen molar-refractivity contribution in [3.8, 4) is 11.8 Å². The van der Waals surface area contributed by atoms with Gasteiger partial charge in [0.15, 0.2) is 0 Å². The Hall–Kier alpha value is -2.34. The molecule has 2 aromatic rings. The average molecular weight is 255 g/mol. The Labute approximate surface area is 112 Å². The summed E-state index contributed by atoms with van der Waals surface area (Å²) < 4.78 is 19.0. The molecular formula is C16H14FNO. The standard InChI is InChI=1S/C16H14FNO/c1-11-3-4-12(2)14(7-11)10-19-15-6-5-13(9-18)16(17)8-15/h3-8H,10H2,1-2H3. The number of rotatable bonds is 3. The summed E-state index contributed by atoms with van der Waals surface area (Å²) in [5.74, 6) is -0.127. The van der Waals surface area contributed by atoms with Crippen LogP contribution in [-0.2, 0) is 6.61 Å². The van der Waals surface area contributed by atoms with Crippen LogP contribution in [0.1, 0.15) is 22.3 Å². The molecule has 0 radical (unpaired) electrons. The van der Waals surface area contributed by atoms with Crippen LogP contribution in [0.5, 0.6) is 5.75 Å². The Morgan fingerprint density at radius 1 is 1.16 bits per heavy atom. The van der Waals surface area contributed by atoms with E-state index in [0.29, 0.717) is 12.4 Å². The molecule has 3 heteroatoms. The summed E-state index contributed by atoms with van der Waals surface area (Å²) in [5.41, 5.74) is 3.40. The molecule has 0 unspecified atom stereocenters. The molecule has 0 aliphatic carbocycles. The second-order valence-corrected chi connectivity index (χ2v) is 4.47. The molecule has 2 nitrogen and oxygen atoms in total. The van der Waals surface area contributed by atoms with Gasteiger partial charge in [-0.2, -0.15) is 5.26 Å². The van der Waals surface area contributed by atoms with Crippen LogP contribution in [0.25, 0.3) is 0 Å². The highest BCUT2D eigenvalue weighted by Gasteiger charge is 2.05. The minimum Gasteiger partial charge on any atom is -0.489 e. The van der Waals surface area contributed by atoms with Crippen LogP contribution in [0.15, 0.2) is 36.4 Å². The molecule has 0 amide bonds. The third-order valence-electron chi connectivity index (χ3n) is 2.96. The number of ether oxygens (including phenoxy) is 1. The molecule has 0 fully saturated rings. The third kappa shape index (κ3) is 3.11. The zero-order valence-electron chi connectivity index (χ0n) is 10.9. The van der Waals surface area contributed by atoms with Gasteiger partial charge in [0, 0.05) is 6.07 Å². The van der Waals surface area contributed by atoms with Gasteiger partial charge in [-0.05, 0) is 37.1 Å². The van der Waals surface area contributed by atoms with Crippen molar-refractivity contribution in [3.05, 3.63) is 64.5 Å². The Balaban J connectivity index is 2.13. The van der Waals surface area contributed by atoms with Crippen molar-refractivity contribution < 1.29 is 9.13 Å². The summed E-state index contributed by atoms with van der Waals surface area (Å²) >= 11 is 0. The normalized spacial score (nSPS) is 10.0. The number of nitrogens with zero attached hydrogens (tertiary/aromatic N) is 1. The third-order valence-corrected chi connectivity index (χ3v) is 2.96. The lowest BCUT2D eigenvalue weighted by Crippen LogP contribution is -1.99. The molecule has 19 heavy (non-hydrogen) atoms. The SMILES string of the molecule is Cc1ccc(C)c(COc2ccc(C#N)c(F)c2)c1. The van der Waals surface area contributed by atoms with Gasteiger partial charge in [0.05, 0.1) is 5.56 Å². The fraction of sp³-hybridized carbons (Fsp3) is 0.188. The van der Waals surface area contributed by atoms with Crippen LogP contribution in [0.3, 0.4) is 0 Å². The summed E-state index contributed by atoms with van der Waals surface area (Å²) in [6.07, 6.45) is 0. The average Bonchev–Trinajstić information content (AvgIpc) is 2.40. The van der Waals surface area contributed by atoms with Gasteiger partial charge in [-0.15, -0.1) is 0 Å². The van der Waals surface area contributed by atoms with Crippen LogP contribution in [0, 0.1) is 31.0 Å². The van der Waals surface area contributed by atoms with Gasteiger partial charge in [0.2, 0.25) is 0 Å². The van der Waals surface area contributed by atoms with E-state index in [4.69, 9.17) is 10.00 Å². The summed E-state index contributed by atoms with van der Waals surface area (Å²) in [6, 6.07) is 12.2. The van der Waals surface area contributed by atoms with Crippen molar-refractivity contribution in [3.63, 3.8) is 0 Å². The van der Waals surface area contributed by atoms with Crippen molar-refractivity contribution in [1.82, 2.24) is 0 Å². The minimum absolute atomic E-state index is 0.0269. The van der Waals surface area contributed by atoms with Gasteiger partial charge >= 0.3 is 0 Å². The maximum Gasteiger partial charge on any atom is 0.144 e. The molecule has 2 aromatic carbocycles. The Kier molecular flexibility index (Phi) is 3.82. The summed E-state index contributed by atoms with van der Waals surface area (Å²) in [6.45, 7) is 4.42. The van der Waals surface area contributed by atoms with Crippen molar-refractivity contribution in [2.24, 2.45) is 0 Å². The summed E-state index contributed by atoms with van der Waals surface area (Å²) in [7, 11) is 0. The topological polar surface area (TPSA) is 33.0 Å². The highest BCUT2D eigenvalue weighted by Crippen LogP contribution is 2.19. The second-order valence-electron chi connectivity index (χ2n) is 4.47. The first-order valence-electron chi connectivity index (χ1n) is 5.99. The first-order chi connectivity index (χ1) is 9.10. The van der Waals surface area contributed by atoms with Crippen LogP contribution in [-0.4, -0.2) is 0 Å². The smallest absolute Gasteiger partial charge is 0.144 e. The monoisotopic (exact) mass is 255 g/mol. The number of hydrogen-bond donors (Lipinski definition) is 0. The highest BCUT2D eigenvalue weighted by atomic mass is 19.1. The molecule has 2 rings (SSSR count). The maximum atomic E-state index is 13.4. The van der Waals surface area contributed by atoms with Crippen molar-refractivity contribution in [2.45, 2.75) is 20.5 Å². The molecule has 0 saturated carbocycles. The maximum absolute atomic E-state index is 13.4. The first kappa shape index (κ1) is 13.1. The highest BCUT2D eigenvalue weighted by molar-refractivity contribution is 5.36. The molecule has 0 spiro atoms. The van der Waals surface area contributed by atoms with E-state index in [1.165, 1.54) is 12.1 Å². The van der Waals surface area contributed by atoms with Crippen molar-refractivity contribution >= 4 is 0 Å². The Morgan fingerprint density at radius 3 is 2.63 bits per heavy atom. The predicted molar refractivity (Wildman–Crippen MR) is 71.4 cm³/mol. The van der Waals surface area contributed by atoms with Crippen LogP contribution in [0.4, 0.5) is 4.39 Å². The molecule has 0 atom stereocenters. The zero-order valence-corrected chi connectivity index (χ0v) is 10.9. The Bertz CT molecular complexity index is 644. The predicted octanol–water partition coefficient (Wildman–Crippen LogP) is 3.89. The minimum atomic E-state index is -0.555. The zero-order chi connectivity index (χ0) is 13.8. The van der Waals surface area contributed by atoms with Crippen LogP contribution in [0.2, 0.25) is 0 Å². The molecule has 96 valence electrons. The fourth-order valence-corrected chi connectivity index (χ4v) is 1.79. The van der Waals surface area contributed by atoms with Crippen LogP contribution < -0.4 is 4.74 Å². The lowest BCUT2D eigenvalue weighted by molar-refractivity contribution is 0.303. The van der Waals surface area contributed by atoms with E-state index >= 15 is 0 Å². The van der Waals surface area contributed by atoms with E-state index in [0.717, 1.165) is 16.7 Å². The number of nitriles is 1. The molecule has 0 bridgehead atoms. The fourth-order valence-electron chi connectivity index (χ4n) is 1.79. The molecule has 0 heterocycles. The number of benzene rings is 2. The van der Waals surface area contributed by atoms with E-state index < -0.39 is 5.82 Å². The lowest BCUT2D eigenvalue weighted by atomic mass is 10.1. The van der Waals surface area contributed by atoms with E-state index in [9.17, 15) is 4.39 Å². The first-order valence-corrected chi connectivity index (χ1v) is 5.99. The van der Waals surface area contributed by atoms with Gasteiger partial charge in [-0.1, -0.05) is 23.8 Å². The van der Waals surface area contributed by atoms with Crippen LogP contribution >= 0.6 is 0 Å². The molecule has 0 N–H and O–H groups in total. The number of halogens is 1. The molecule has 0 aromatic heterocycles. The van der Waals surface area contributed by atoms with E-state index in [1.807, 2.05) is 26.0 Å². The largest absolute Gasteiger partial charge is 0.489 e. The van der Waals surface area contributed by atoms with E-state index in [2.05, 4.69) is 6.07 Å². The number of hydrogen-bond acceptors (Lipinski definition) is 2. The summed E-state index contributed by atoms with van der Waals surface area (Å²) in [4.78, 5) is 0. The van der Waals surface area contributed by atoms with Gasteiger partial charge in [0.25, 0.3) is 0 Å². The van der Waals surface area contributed by atoms with Gasteiger partial charge in [-0.25, -0.2) is 4.39 Å². The van der Waals surface area contributed by atoms with E-state index in [-0.39, 0.29) is 5.56 Å². The summed E-state index contributed by atoms with van der Waals surface area (Å²) in [5, 5.41) is 8.65. The second kappa shape index (κ2) is 5.53. The van der Waals surface area contributed by atoms with Gasteiger partial charge in [-0.3, -0.25) is 0 Å². The van der Waals surface area contributed by atoms with Crippen molar-refractivity contribution in [1.29, 1.82) is 5.26 Å². The van der Waals surface area contributed by atoms with Gasteiger partial charge in [0.1, 0.15) is 24.2 Å². The molecule has 0 aliphatic heterocycles. The number of aryl methyl sites for hydroxylation is 2. The van der Waals surface area contributed by atoms with Crippen molar-refractivity contribution in [2.75, 3.05) is 0 Å². The molecular weight excluding hydrogens is 241 g/mol. The quantitative estimate of drug-likeness (QED) is 0.833. The Morgan fingerprint density at radius 2 is 1.95 bits per heavy atom. The lowest BCUT2D eigenvalue weighted by Gasteiger charge is -2.10. The molecule has 0 saturated heterocycles. The van der Waals surface area contributed by atoms with E-state index in [1.54, 1.807) is 12.1 Å². The van der Waals surface area contributed by atoms with Gasteiger partial charge < -0.3 is 4.74 Å². The molecule has 0 aliphatic rings.